The molecule has 3 rings (SSSR count). The van der Waals surface area contributed by atoms with Gasteiger partial charge in [-0.2, -0.15) is 0 Å². The second kappa shape index (κ2) is 6.37. The van der Waals surface area contributed by atoms with E-state index < -0.39 is 0 Å². The molecule has 2 aliphatic heterocycles. The van der Waals surface area contributed by atoms with E-state index in [9.17, 15) is 9.59 Å². The van der Waals surface area contributed by atoms with E-state index in [2.05, 4.69) is 7.05 Å². The standard InChI is InChI=1S/C14H19N3O2S2/c1-15-4-6-16(7-5-15)12(18)9-17-13(19)10-21-14(17)11-3-2-8-20-11/h2-3,8,14H,4-7,9-10H2,1H3/p+1/t14-/m1/s1. The molecule has 0 saturated carbocycles. The van der Waals surface area contributed by atoms with Crippen LogP contribution in [0, 0.1) is 0 Å². The average Bonchev–Trinajstić information content (AvgIpc) is 3.10. The summed E-state index contributed by atoms with van der Waals surface area (Å²) < 4.78 is 0. The predicted octanol–water partition coefficient (Wildman–Crippen LogP) is -0.321. The summed E-state index contributed by atoms with van der Waals surface area (Å²) in [5, 5.41) is 2.03. The van der Waals surface area contributed by atoms with Crippen LogP contribution in [0.5, 0.6) is 0 Å². The number of hydrogen-bond acceptors (Lipinski definition) is 4. The molecule has 1 aromatic rings. The Balaban J connectivity index is 1.64. The molecule has 0 unspecified atom stereocenters. The van der Waals surface area contributed by atoms with Crippen molar-refractivity contribution in [2.75, 3.05) is 45.5 Å². The molecule has 5 nitrogen and oxygen atoms in total. The molecule has 1 atom stereocenters. The number of thioether (sulfide) groups is 1. The lowest BCUT2D eigenvalue weighted by Gasteiger charge is -2.32. The molecule has 0 spiro atoms. The van der Waals surface area contributed by atoms with Crippen molar-refractivity contribution >= 4 is 34.9 Å². The summed E-state index contributed by atoms with van der Waals surface area (Å²) in [5.41, 5.74) is 0. The third-order valence-corrected chi connectivity index (χ3v) is 6.34. The van der Waals surface area contributed by atoms with Crippen molar-refractivity contribution in [1.82, 2.24) is 9.80 Å². The maximum atomic E-state index is 12.4. The van der Waals surface area contributed by atoms with Gasteiger partial charge in [-0.1, -0.05) is 6.07 Å². The molecule has 0 aromatic carbocycles. The van der Waals surface area contributed by atoms with E-state index in [1.807, 2.05) is 22.4 Å². The van der Waals surface area contributed by atoms with Crippen molar-refractivity contribution in [2.24, 2.45) is 0 Å². The van der Waals surface area contributed by atoms with Crippen molar-refractivity contribution in [1.29, 1.82) is 0 Å². The summed E-state index contributed by atoms with van der Waals surface area (Å²) in [6, 6.07) is 4.03. The SMILES string of the molecule is C[NH+]1CCN(C(=O)CN2C(=O)CS[C@@H]2c2cccs2)CC1. The van der Waals surface area contributed by atoms with Crippen LogP contribution in [0.25, 0.3) is 0 Å². The summed E-state index contributed by atoms with van der Waals surface area (Å²) in [6.45, 7) is 3.78. The van der Waals surface area contributed by atoms with E-state index in [0.29, 0.717) is 5.75 Å². The van der Waals surface area contributed by atoms with Gasteiger partial charge in [-0.15, -0.1) is 23.1 Å². The third kappa shape index (κ3) is 3.25. The van der Waals surface area contributed by atoms with E-state index in [0.717, 1.165) is 31.1 Å². The highest BCUT2D eigenvalue weighted by Crippen LogP contribution is 2.40. The number of nitrogens with one attached hydrogen (secondary N) is 1. The van der Waals surface area contributed by atoms with Crippen LogP contribution in [0.4, 0.5) is 0 Å². The summed E-state index contributed by atoms with van der Waals surface area (Å²) in [6.07, 6.45) is 0. The summed E-state index contributed by atoms with van der Waals surface area (Å²) in [5.74, 6) is 0.634. The summed E-state index contributed by atoms with van der Waals surface area (Å²) in [4.78, 5) is 30.8. The Labute approximate surface area is 132 Å². The summed E-state index contributed by atoms with van der Waals surface area (Å²) in [7, 11) is 2.15. The number of quaternary nitrogens is 1. The van der Waals surface area contributed by atoms with Crippen LogP contribution in [0.3, 0.4) is 0 Å². The van der Waals surface area contributed by atoms with E-state index in [1.54, 1.807) is 28.0 Å². The molecule has 3 heterocycles. The molecular formula is C14H20N3O2S2+. The van der Waals surface area contributed by atoms with Gasteiger partial charge >= 0.3 is 0 Å². The topological polar surface area (TPSA) is 45.1 Å². The second-order valence-electron chi connectivity index (χ2n) is 5.54. The number of carbonyl (C=O) groups excluding carboxylic acids is 2. The number of likely N-dealkylation sites (N-methyl/N-ethyl adjacent to an activating group) is 1. The molecule has 7 heteroatoms. The largest absolute Gasteiger partial charge is 0.334 e. The van der Waals surface area contributed by atoms with E-state index in [1.165, 1.54) is 4.90 Å². The lowest BCUT2D eigenvalue weighted by Crippen LogP contribution is -3.12. The van der Waals surface area contributed by atoms with Crippen LogP contribution >= 0.6 is 23.1 Å². The highest BCUT2D eigenvalue weighted by Gasteiger charge is 2.36. The van der Waals surface area contributed by atoms with Crippen LogP contribution in [0.15, 0.2) is 17.5 Å². The van der Waals surface area contributed by atoms with Crippen LogP contribution in [0.2, 0.25) is 0 Å². The Morgan fingerprint density at radius 3 is 2.86 bits per heavy atom. The molecule has 114 valence electrons. The molecule has 2 fully saturated rings. The molecule has 2 aliphatic rings. The Kier molecular flexibility index (Phi) is 4.51. The van der Waals surface area contributed by atoms with E-state index in [4.69, 9.17) is 0 Å². The zero-order valence-corrected chi connectivity index (χ0v) is 13.7. The summed E-state index contributed by atoms with van der Waals surface area (Å²) >= 11 is 3.26. The Bertz CT molecular complexity index is 512. The van der Waals surface area contributed by atoms with Gasteiger partial charge in [0.1, 0.15) is 11.9 Å². The van der Waals surface area contributed by atoms with Crippen LogP contribution in [-0.2, 0) is 9.59 Å². The molecule has 0 aliphatic carbocycles. The fraction of sp³-hybridized carbons (Fsp3) is 0.571. The van der Waals surface area contributed by atoms with Gasteiger partial charge in [0, 0.05) is 4.88 Å². The zero-order chi connectivity index (χ0) is 14.8. The Morgan fingerprint density at radius 1 is 1.43 bits per heavy atom. The van der Waals surface area contributed by atoms with Crippen LogP contribution in [0.1, 0.15) is 10.3 Å². The highest BCUT2D eigenvalue weighted by molar-refractivity contribution is 8.00. The van der Waals surface area contributed by atoms with Gasteiger partial charge in [0.05, 0.1) is 39.0 Å². The third-order valence-electron chi connectivity index (χ3n) is 4.03. The minimum absolute atomic E-state index is 0.0135. The fourth-order valence-corrected chi connectivity index (χ4v) is 4.84. The first-order valence-corrected chi connectivity index (χ1v) is 9.11. The average molecular weight is 326 g/mol. The van der Waals surface area contributed by atoms with E-state index >= 15 is 0 Å². The minimum atomic E-state index is 0.0135. The minimum Gasteiger partial charge on any atom is -0.334 e. The van der Waals surface area contributed by atoms with Gasteiger partial charge in [-0.3, -0.25) is 9.59 Å². The van der Waals surface area contributed by atoms with Crippen molar-refractivity contribution in [3.05, 3.63) is 22.4 Å². The van der Waals surface area contributed by atoms with Gasteiger partial charge in [0.15, 0.2) is 0 Å². The number of nitrogens with zero attached hydrogens (tertiary/aromatic N) is 2. The molecule has 1 N–H and O–H groups in total. The lowest BCUT2D eigenvalue weighted by molar-refractivity contribution is -0.883. The Morgan fingerprint density at radius 2 is 2.19 bits per heavy atom. The molecule has 2 amide bonds. The maximum Gasteiger partial charge on any atom is 0.242 e. The monoisotopic (exact) mass is 326 g/mol. The second-order valence-corrected chi connectivity index (χ2v) is 7.59. The molecular weight excluding hydrogens is 306 g/mol. The maximum absolute atomic E-state index is 12.4. The number of thiophene rings is 1. The first-order chi connectivity index (χ1) is 10.1. The van der Waals surface area contributed by atoms with Crippen molar-refractivity contribution in [3.8, 4) is 0 Å². The van der Waals surface area contributed by atoms with Crippen LogP contribution in [-0.4, -0.2) is 67.1 Å². The number of amides is 2. The quantitative estimate of drug-likeness (QED) is 0.828. The number of piperazine rings is 1. The van der Waals surface area contributed by atoms with E-state index in [-0.39, 0.29) is 23.7 Å². The molecule has 1 aromatic heterocycles. The highest BCUT2D eigenvalue weighted by atomic mass is 32.2. The first-order valence-electron chi connectivity index (χ1n) is 7.18. The Hall–Kier alpha value is -1.05. The normalized spacial score (nSPS) is 23.9. The van der Waals surface area contributed by atoms with Gasteiger partial charge in [-0.05, 0) is 11.4 Å². The van der Waals surface area contributed by atoms with Gasteiger partial charge in [0.25, 0.3) is 0 Å². The number of hydrogen-bond donors (Lipinski definition) is 1. The number of carbonyl (C=O) groups is 2. The lowest BCUT2D eigenvalue weighted by atomic mass is 10.3. The van der Waals surface area contributed by atoms with Crippen molar-refractivity contribution < 1.29 is 14.5 Å². The molecule has 21 heavy (non-hydrogen) atoms. The molecule has 2 saturated heterocycles. The predicted molar refractivity (Wildman–Crippen MR) is 84.4 cm³/mol. The number of rotatable bonds is 3. The first kappa shape index (κ1) is 14.9. The van der Waals surface area contributed by atoms with Gasteiger partial charge in [-0.25, -0.2) is 0 Å². The van der Waals surface area contributed by atoms with Crippen LogP contribution < -0.4 is 4.90 Å². The molecule has 0 bridgehead atoms. The smallest absolute Gasteiger partial charge is 0.242 e. The van der Waals surface area contributed by atoms with Gasteiger partial charge < -0.3 is 14.7 Å². The van der Waals surface area contributed by atoms with Crippen molar-refractivity contribution in [2.45, 2.75) is 5.37 Å². The zero-order valence-electron chi connectivity index (χ0n) is 12.1. The van der Waals surface area contributed by atoms with Crippen molar-refractivity contribution in [3.63, 3.8) is 0 Å². The molecule has 0 radical (unpaired) electrons. The fourth-order valence-electron chi connectivity index (χ4n) is 2.68. The van der Waals surface area contributed by atoms with Gasteiger partial charge in [0.2, 0.25) is 11.8 Å².